The Labute approximate surface area is 93.6 Å². The van der Waals surface area contributed by atoms with Crippen LogP contribution in [0.4, 0.5) is 0 Å². The van der Waals surface area contributed by atoms with Crippen molar-refractivity contribution in [3.63, 3.8) is 0 Å². The van der Waals surface area contributed by atoms with Crippen molar-refractivity contribution < 1.29 is 0 Å². The molecule has 0 heterocycles. The van der Waals surface area contributed by atoms with E-state index in [0.29, 0.717) is 0 Å². The van der Waals surface area contributed by atoms with Crippen LogP contribution in [0.25, 0.3) is 6.08 Å². The molecule has 0 fully saturated rings. The number of hydrogen-bond acceptors (Lipinski definition) is 0. The molecule has 0 saturated heterocycles. The average molecular weight is 253 g/mol. The van der Waals surface area contributed by atoms with E-state index in [4.69, 9.17) is 0 Å². The van der Waals surface area contributed by atoms with Crippen molar-refractivity contribution in [1.82, 2.24) is 0 Å². The van der Waals surface area contributed by atoms with Gasteiger partial charge < -0.3 is 0 Å². The molecule has 0 atom stereocenters. The van der Waals surface area contributed by atoms with Gasteiger partial charge in [0.1, 0.15) is 0 Å². The second-order valence-corrected chi connectivity index (χ2v) is 5.65. The Morgan fingerprint density at radius 3 is 2.71 bits per heavy atom. The van der Waals surface area contributed by atoms with E-state index in [0.717, 1.165) is 15.0 Å². The summed E-state index contributed by atoms with van der Waals surface area (Å²) in [6, 6.07) is 10.5. The van der Waals surface area contributed by atoms with E-state index in [-0.39, 0.29) is 0 Å². The van der Waals surface area contributed by atoms with Gasteiger partial charge in [0.15, 0.2) is 0 Å². The third kappa shape index (κ3) is 5.26. The van der Waals surface area contributed by atoms with Crippen molar-refractivity contribution in [2.24, 2.45) is 0 Å². The van der Waals surface area contributed by atoms with E-state index in [2.05, 4.69) is 49.4 Å². The number of unbranched alkanes of at least 4 members (excludes halogenated alkanes) is 1. The van der Waals surface area contributed by atoms with Crippen molar-refractivity contribution in [1.29, 1.82) is 0 Å². The molecule has 1 heteroatoms. The van der Waals surface area contributed by atoms with E-state index in [1.54, 1.807) is 0 Å². The zero-order chi connectivity index (χ0) is 10.1. The van der Waals surface area contributed by atoms with Gasteiger partial charge in [-0.15, -0.1) is 0 Å². The molecule has 0 amide bonds. The Morgan fingerprint density at radius 2 is 2.00 bits per heavy atom. The predicted octanol–water partition coefficient (Wildman–Crippen LogP) is 4.04. The van der Waals surface area contributed by atoms with Crippen molar-refractivity contribution in [2.75, 3.05) is 0 Å². The molecule has 1 aromatic carbocycles. The van der Waals surface area contributed by atoms with E-state index < -0.39 is 0 Å². The first kappa shape index (κ1) is 11.6. The predicted molar refractivity (Wildman–Crippen MR) is 65.8 cm³/mol. The number of hydrogen-bond donors (Lipinski definition) is 0. The summed E-state index contributed by atoms with van der Waals surface area (Å²) in [5.41, 5.74) is 1.32. The molecular weight excluding hydrogens is 235 g/mol. The minimum atomic E-state index is 0.821. The summed E-state index contributed by atoms with van der Waals surface area (Å²) in [6.45, 7) is 2.26. The Bertz CT molecular complexity index is 251. The molecule has 14 heavy (non-hydrogen) atoms. The molecule has 0 unspecified atom stereocenters. The van der Waals surface area contributed by atoms with Crippen LogP contribution >= 0.6 is 0 Å². The van der Waals surface area contributed by atoms with E-state index in [1.165, 1.54) is 29.0 Å². The van der Waals surface area contributed by atoms with Crippen LogP contribution in [0.5, 0.6) is 0 Å². The van der Waals surface area contributed by atoms with Gasteiger partial charge in [-0.05, 0) is 0 Å². The second kappa shape index (κ2) is 7.84. The standard InChI is InChI=1S/C13H18Se/c1-2-3-11-14-12-7-10-13-8-5-4-6-9-13/h4-10H,2-3,11-12H2,1H3/b10-7+. The minimum absolute atomic E-state index is 0.821. The Morgan fingerprint density at radius 1 is 1.21 bits per heavy atom. The second-order valence-electron chi connectivity index (χ2n) is 3.24. The van der Waals surface area contributed by atoms with Gasteiger partial charge in [0.05, 0.1) is 0 Å². The number of allylic oxidation sites excluding steroid dienone is 1. The third-order valence-corrected chi connectivity index (χ3v) is 4.08. The van der Waals surface area contributed by atoms with Crippen LogP contribution in [0, 0.1) is 0 Å². The first-order chi connectivity index (χ1) is 6.93. The topological polar surface area (TPSA) is 0 Å². The summed E-state index contributed by atoms with van der Waals surface area (Å²) < 4.78 is 0. The first-order valence-corrected chi connectivity index (χ1v) is 7.65. The molecule has 1 aromatic rings. The van der Waals surface area contributed by atoms with Gasteiger partial charge in [0.25, 0.3) is 0 Å². The normalized spacial score (nSPS) is 10.9. The van der Waals surface area contributed by atoms with Gasteiger partial charge in [0, 0.05) is 0 Å². The molecule has 0 N–H and O–H groups in total. The Hall–Kier alpha value is -0.521. The van der Waals surface area contributed by atoms with E-state index in [1.807, 2.05) is 0 Å². The molecular formula is C13H18Se. The van der Waals surface area contributed by atoms with Crippen LogP contribution in [0.3, 0.4) is 0 Å². The van der Waals surface area contributed by atoms with Crippen molar-refractivity contribution in [3.8, 4) is 0 Å². The first-order valence-electron chi connectivity index (χ1n) is 5.23. The molecule has 0 bridgehead atoms. The molecule has 0 saturated carbocycles. The molecule has 0 spiro atoms. The summed E-state index contributed by atoms with van der Waals surface area (Å²) in [6.07, 6.45) is 7.28. The van der Waals surface area contributed by atoms with Crippen molar-refractivity contribution in [2.45, 2.75) is 30.4 Å². The maximum absolute atomic E-state index is 2.31. The van der Waals surface area contributed by atoms with E-state index in [9.17, 15) is 0 Å². The Balaban J connectivity index is 2.15. The maximum atomic E-state index is 2.31. The molecule has 0 aliphatic rings. The van der Waals surface area contributed by atoms with Crippen LogP contribution in [-0.4, -0.2) is 15.0 Å². The summed E-state index contributed by atoms with van der Waals surface area (Å²) >= 11 is 0.821. The summed E-state index contributed by atoms with van der Waals surface area (Å²) in [4.78, 5) is 0. The van der Waals surface area contributed by atoms with Crippen LogP contribution in [-0.2, 0) is 0 Å². The van der Waals surface area contributed by atoms with Crippen LogP contribution in [0.2, 0.25) is 10.6 Å². The molecule has 0 aliphatic carbocycles. The number of rotatable bonds is 6. The molecule has 1 rings (SSSR count). The van der Waals surface area contributed by atoms with Crippen molar-refractivity contribution >= 4 is 21.0 Å². The third-order valence-electron chi connectivity index (χ3n) is 1.97. The summed E-state index contributed by atoms with van der Waals surface area (Å²) in [5.74, 6) is 0. The molecule has 0 radical (unpaired) electrons. The monoisotopic (exact) mass is 254 g/mol. The van der Waals surface area contributed by atoms with Gasteiger partial charge in [-0.3, -0.25) is 0 Å². The zero-order valence-electron chi connectivity index (χ0n) is 8.78. The molecule has 0 aromatic heterocycles. The van der Waals surface area contributed by atoms with Gasteiger partial charge in [0.2, 0.25) is 0 Å². The van der Waals surface area contributed by atoms with Gasteiger partial charge in [-0.1, -0.05) is 0 Å². The Kier molecular flexibility index (Phi) is 6.47. The fourth-order valence-electron chi connectivity index (χ4n) is 1.15. The quantitative estimate of drug-likeness (QED) is 0.530. The van der Waals surface area contributed by atoms with Crippen molar-refractivity contribution in [3.05, 3.63) is 42.0 Å². The van der Waals surface area contributed by atoms with E-state index >= 15 is 0 Å². The zero-order valence-corrected chi connectivity index (χ0v) is 10.5. The summed E-state index contributed by atoms with van der Waals surface area (Å²) in [5, 5.41) is 2.71. The van der Waals surface area contributed by atoms with Gasteiger partial charge in [-0.25, -0.2) is 0 Å². The number of benzene rings is 1. The SMILES string of the molecule is CCCC[Se]C/C=C/c1ccccc1. The van der Waals surface area contributed by atoms with Gasteiger partial charge >= 0.3 is 93.4 Å². The van der Waals surface area contributed by atoms with Crippen LogP contribution in [0.15, 0.2) is 36.4 Å². The summed E-state index contributed by atoms with van der Waals surface area (Å²) in [7, 11) is 0. The van der Waals surface area contributed by atoms with Gasteiger partial charge in [-0.2, -0.15) is 0 Å². The molecule has 0 nitrogen and oxygen atoms in total. The fraction of sp³-hybridized carbons (Fsp3) is 0.385. The molecule has 76 valence electrons. The fourth-order valence-corrected chi connectivity index (χ4v) is 3.02. The van der Waals surface area contributed by atoms with Crippen LogP contribution < -0.4 is 0 Å². The van der Waals surface area contributed by atoms with Crippen LogP contribution in [0.1, 0.15) is 25.3 Å². The molecule has 0 aliphatic heterocycles. The average Bonchev–Trinajstić information content (AvgIpc) is 2.25.